The summed E-state index contributed by atoms with van der Waals surface area (Å²) < 4.78 is 22.9. The van der Waals surface area contributed by atoms with E-state index in [-0.39, 0.29) is 4.90 Å². The van der Waals surface area contributed by atoms with E-state index in [1.54, 1.807) is 12.3 Å². The number of hydrogen-bond acceptors (Lipinski definition) is 5. The largest absolute Gasteiger partial charge is 0.336 e. The Kier molecular flexibility index (Phi) is 3.18. The molecule has 4 rings (SSSR count). The number of primary sulfonamides is 1. The van der Waals surface area contributed by atoms with Crippen molar-refractivity contribution in [3.05, 3.63) is 54.7 Å². The van der Waals surface area contributed by atoms with Crippen molar-refractivity contribution >= 4 is 21.1 Å². The molecule has 2 aromatic carbocycles. The van der Waals surface area contributed by atoms with E-state index in [0.717, 1.165) is 5.69 Å². The van der Waals surface area contributed by atoms with Crippen LogP contribution in [0.25, 0.3) is 28.2 Å². The number of rotatable bonds is 3. The summed E-state index contributed by atoms with van der Waals surface area (Å²) in [6, 6.07) is 13.9. The molecule has 2 aromatic heterocycles. The van der Waals surface area contributed by atoms with Gasteiger partial charge in [-0.2, -0.15) is 9.90 Å². The third-order valence-corrected chi connectivity index (χ3v) is 4.41. The molecule has 9 heteroatoms. The van der Waals surface area contributed by atoms with Gasteiger partial charge in [-0.3, -0.25) is 0 Å². The lowest BCUT2D eigenvalue weighted by Gasteiger charge is -1.96. The maximum absolute atomic E-state index is 11.4. The Morgan fingerprint density at radius 1 is 1.08 bits per heavy atom. The fourth-order valence-electron chi connectivity index (χ4n) is 2.34. The van der Waals surface area contributed by atoms with Crippen molar-refractivity contribution in [2.75, 3.05) is 0 Å². The zero-order valence-electron chi connectivity index (χ0n) is 12.3. The SMILES string of the molecule is NS(=O)(=O)c1ccc2nc(-c3cnn(-c4ccccc4)n3)[nH]c2c1. The van der Waals surface area contributed by atoms with Crippen LogP contribution in [0, 0.1) is 0 Å². The zero-order chi connectivity index (χ0) is 16.7. The number of aromatic nitrogens is 5. The van der Waals surface area contributed by atoms with Gasteiger partial charge in [-0.1, -0.05) is 18.2 Å². The maximum atomic E-state index is 11.4. The van der Waals surface area contributed by atoms with Gasteiger partial charge in [0.1, 0.15) is 5.69 Å². The number of nitrogens with one attached hydrogen (secondary N) is 1. The summed E-state index contributed by atoms with van der Waals surface area (Å²) in [6.07, 6.45) is 1.59. The number of H-pyrrole nitrogens is 1. The number of benzene rings is 2. The fraction of sp³-hybridized carbons (Fsp3) is 0. The van der Waals surface area contributed by atoms with E-state index in [4.69, 9.17) is 5.14 Å². The first-order valence-corrected chi connectivity index (χ1v) is 8.56. The Labute approximate surface area is 137 Å². The molecule has 120 valence electrons. The highest BCUT2D eigenvalue weighted by Crippen LogP contribution is 2.21. The molecule has 0 amide bonds. The van der Waals surface area contributed by atoms with Gasteiger partial charge < -0.3 is 4.98 Å². The summed E-state index contributed by atoms with van der Waals surface area (Å²) >= 11 is 0. The van der Waals surface area contributed by atoms with Crippen LogP contribution in [-0.4, -0.2) is 33.4 Å². The van der Waals surface area contributed by atoms with Crippen molar-refractivity contribution in [3.63, 3.8) is 0 Å². The smallest absolute Gasteiger partial charge is 0.238 e. The summed E-state index contributed by atoms with van der Waals surface area (Å²) in [7, 11) is -3.76. The predicted molar refractivity (Wildman–Crippen MR) is 87.8 cm³/mol. The van der Waals surface area contributed by atoms with Gasteiger partial charge in [0.15, 0.2) is 5.82 Å². The number of imidazole rings is 1. The lowest BCUT2D eigenvalue weighted by molar-refractivity contribution is 0.598. The lowest BCUT2D eigenvalue weighted by Crippen LogP contribution is -2.11. The normalized spacial score (nSPS) is 11.9. The van der Waals surface area contributed by atoms with Gasteiger partial charge in [0.2, 0.25) is 10.0 Å². The van der Waals surface area contributed by atoms with Crippen LogP contribution in [0.1, 0.15) is 0 Å². The highest BCUT2D eigenvalue weighted by Gasteiger charge is 2.13. The van der Waals surface area contributed by atoms with Gasteiger partial charge in [-0.25, -0.2) is 18.5 Å². The molecule has 0 saturated carbocycles. The van der Waals surface area contributed by atoms with E-state index in [1.165, 1.54) is 16.9 Å². The molecule has 24 heavy (non-hydrogen) atoms. The Bertz CT molecular complexity index is 1130. The van der Waals surface area contributed by atoms with Crippen LogP contribution in [0.4, 0.5) is 0 Å². The quantitative estimate of drug-likeness (QED) is 0.585. The Hall–Kier alpha value is -3.04. The molecule has 0 radical (unpaired) electrons. The van der Waals surface area contributed by atoms with Crippen LogP contribution in [0.2, 0.25) is 0 Å². The zero-order valence-corrected chi connectivity index (χ0v) is 13.1. The molecule has 2 heterocycles. The molecule has 0 aliphatic carbocycles. The van der Waals surface area contributed by atoms with Crippen LogP contribution >= 0.6 is 0 Å². The van der Waals surface area contributed by atoms with Gasteiger partial charge in [0.05, 0.1) is 27.8 Å². The van der Waals surface area contributed by atoms with E-state index in [9.17, 15) is 8.42 Å². The molecular weight excluding hydrogens is 328 g/mol. The first kappa shape index (κ1) is 14.5. The van der Waals surface area contributed by atoms with Crippen LogP contribution in [0.3, 0.4) is 0 Å². The molecule has 0 atom stereocenters. The molecular formula is C15H12N6O2S. The molecule has 4 aromatic rings. The first-order chi connectivity index (χ1) is 11.5. The maximum Gasteiger partial charge on any atom is 0.238 e. The second-order valence-electron chi connectivity index (χ2n) is 5.16. The minimum Gasteiger partial charge on any atom is -0.336 e. The van der Waals surface area contributed by atoms with E-state index in [1.807, 2.05) is 30.3 Å². The standard InChI is InChI=1S/C15H12N6O2S/c16-24(22,23)11-6-7-12-13(8-11)19-15(18-12)14-9-17-21(20-14)10-4-2-1-3-5-10/h1-9H,(H,18,19)(H2,16,22,23). The Morgan fingerprint density at radius 2 is 1.88 bits per heavy atom. The van der Waals surface area contributed by atoms with Crippen LogP contribution in [-0.2, 0) is 10.0 Å². The number of aromatic amines is 1. The lowest BCUT2D eigenvalue weighted by atomic mass is 10.3. The van der Waals surface area contributed by atoms with Crippen molar-refractivity contribution in [3.8, 4) is 17.2 Å². The summed E-state index contributed by atoms with van der Waals surface area (Å²) in [5.41, 5.74) is 2.56. The molecule has 0 aliphatic heterocycles. The molecule has 0 saturated heterocycles. The van der Waals surface area contributed by atoms with Gasteiger partial charge in [0, 0.05) is 0 Å². The molecule has 0 bridgehead atoms. The minimum absolute atomic E-state index is 0.0261. The average Bonchev–Trinajstić information content (AvgIpc) is 3.21. The number of sulfonamides is 1. The van der Waals surface area contributed by atoms with E-state index >= 15 is 0 Å². The number of nitrogens with two attached hydrogens (primary N) is 1. The molecule has 0 aliphatic rings. The molecule has 3 N–H and O–H groups in total. The van der Waals surface area contributed by atoms with Crippen molar-refractivity contribution in [1.29, 1.82) is 0 Å². The monoisotopic (exact) mass is 340 g/mol. The summed E-state index contributed by atoms with van der Waals surface area (Å²) in [6.45, 7) is 0. The number of hydrogen-bond donors (Lipinski definition) is 2. The van der Waals surface area contributed by atoms with E-state index in [0.29, 0.717) is 22.6 Å². The minimum atomic E-state index is -3.76. The van der Waals surface area contributed by atoms with Crippen molar-refractivity contribution in [2.45, 2.75) is 4.90 Å². The van der Waals surface area contributed by atoms with Crippen molar-refractivity contribution in [2.24, 2.45) is 5.14 Å². The van der Waals surface area contributed by atoms with E-state index in [2.05, 4.69) is 20.2 Å². The van der Waals surface area contributed by atoms with Crippen LogP contribution in [0.15, 0.2) is 59.6 Å². The van der Waals surface area contributed by atoms with Gasteiger partial charge in [-0.05, 0) is 30.3 Å². The summed E-state index contributed by atoms with van der Waals surface area (Å²) in [5.74, 6) is 0.499. The Balaban J connectivity index is 1.76. The van der Waals surface area contributed by atoms with Crippen LogP contribution < -0.4 is 5.14 Å². The highest BCUT2D eigenvalue weighted by molar-refractivity contribution is 7.89. The van der Waals surface area contributed by atoms with Crippen LogP contribution in [0.5, 0.6) is 0 Å². The van der Waals surface area contributed by atoms with E-state index < -0.39 is 10.0 Å². The van der Waals surface area contributed by atoms with Gasteiger partial charge >= 0.3 is 0 Å². The molecule has 0 spiro atoms. The number of fused-ring (bicyclic) bond motifs is 1. The first-order valence-electron chi connectivity index (χ1n) is 7.01. The molecule has 8 nitrogen and oxygen atoms in total. The second kappa shape index (κ2) is 5.25. The topological polar surface area (TPSA) is 120 Å². The molecule has 0 fully saturated rings. The average molecular weight is 340 g/mol. The summed E-state index contributed by atoms with van der Waals surface area (Å²) in [4.78, 5) is 8.97. The number of nitrogens with zero attached hydrogens (tertiary/aromatic N) is 4. The van der Waals surface area contributed by atoms with Gasteiger partial charge in [0.25, 0.3) is 0 Å². The summed E-state index contributed by atoms with van der Waals surface area (Å²) in [5, 5.41) is 13.8. The predicted octanol–water partition coefficient (Wildman–Crippen LogP) is 1.46. The highest BCUT2D eigenvalue weighted by atomic mass is 32.2. The van der Waals surface area contributed by atoms with Crippen molar-refractivity contribution in [1.82, 2.24) is 25.0 Å². The fourth-order valence-corrected chi connectivity index (χ4v) is 2.88. The number of para-hydroxylation sites is 1. The van der Waals surface area contributed by atoms with Gasteiger partial charge in [-0.15, -0.1) is 5.10 Å². The second-order valence-corrected chi connectivity index (χ2v) is 6.73. The molecule has 0 unspecified atom stereocenters. The third-order valence-electron chi connectivity index (χ3n) is 3.50. The Morgan fingerprint density at radius 3 is 2.62 bits per heavy atom. The van der Waals surface area contributed by atoms with Crippen molar-refractivity contribution < 1.29 is 8.42 Å². The third kappa shape index (κ3) is 2.55.